The number of phenolic OH excluding ortho intramolecular Hbond substituents is 4. The molecule has 0 saturated carbocycles. The van der Waals surface area contributed by atoms with Crippen LogP contribution in [0.3, 0.4) is 0 Å². The smallest absolute Gasteiger partial charge is 0.296 e. The van der Waals surface area contributed by atoms with Gasteiger partial charge in [-0.1, -0.05) is 18.2 Å². The van der Waals surface area contributed by atoms with Gasteiger partial charge in [0.2, 0.25) is 0 Å². The van der Waals surface area contributed by atoms with Gasteiger partial charge in [0, 0.05) is 12.1 Å². The molecule has 0 fully saturated rings. The van der Waals surface area contributed by atoms with Gasteiger partial charge in [0.1, 0.15) is 45.0 Å². The Morgan fingerprint density at radius 1 is 0.528 bits per heavy atom. The fourth-order valence-corrected chi connectivity index (χ4v) is 3.76. The van der Waals surface area contributed by atoms with Crippen LogP contribution in [0.2, 0.25) is 0 Å². The third kappa shape index (κ3) is 5.63. The lowest BCUT2D eigenvalue weighted by Gasteiger charge is -2.07. The third-order valence-corrected chi connectivity index (χ3v) is 5.78. The first-order valence-corrected chi connectivity index (χ1v) is 11.6. The molecule has 12 heteroatoms. The Balaban J connectivity index is 1.61. The molecule has 36 heavy (non-hydrogen) atoms. The summed E-state index contributed by atoms with van der Waals surface area (Å²) in [6.45, 7) is 0. The Morgan fingerprint density at radius 3 is 1.53 bits per heavy atom. The topological polar surface area (TPSA) is 185 Å². The van der Waals surface area contributed by atoms with Crippen LogP contribution >= 0.6 is 0 Å². The molecule has 0 saturated heterocycles. The molecule has 0 aromatic heterocycles. The molecule has 0 radical (unpaired) electrons. The SMILES string of the molecule is O=S(=O)(O)c1cc(-c2ccc(N=Nc3ccc(O)cc3O)cc2)ccc1N=Nc1ccc(O)cc1O. The molecule has 0 spiro atoms. The molecule has 0 aliphatic rings. The number of rotatable bonds is 6. The molecule has 0 unspecified atom stereocenters. The van der Waals surface area contributed by atoms with Crippen LogP contribution in [-0.2, 0) is 10.1 Å². The molecule has 182 valence electrons. The molecule has 0 bridgehead atoms. The van der Waals surface area contributed by atoms with Crippen LogP contribution in [0.1, 0.15) is 0 Å². The van der Waals surface area contributed by atoms with Gasteiger partial charge in [0.15, 0.2) is 0 Å². The maximum Gasteiger partial charge on any atom is 0.296 e. The Bertz CT molecular complexity index is 1600. The van der Waals surface area contributed by atoms with E-state index < -0.39 is 15.0 Å². The number of hydrogen-bond acceptors (Lipinski definition) is 10. The van der Waals surface area contributed by atoms with E-state index in [9.17, 15) is 33.4 Å². The number of azo groups is 2. The molecular formula is C24H18N4O7S. The number of benzene rings is 4. The largest absolute Gasteiger partial charge is 0.508 e. The van der Waals surface area contributed by atoms with Crippen LogP contribution in [0.5, 0.6) is 23.0 Å². The zero-order valence-electron chi connectivity index (χ0n) is 18.3. The van der Waals surface area contributed by atoms with Crippen molar-refractivity contribution in [3.05, 3.63) is 78.9 Å². The van der Waals surface area contributed by atoms with Crippen LogP contribution in [-0.4, -0.2) is 33.4 Å². The van der Waals surface area contributed by atoms with Gasteiger partial charge in [-0.2, -0.15) is 13.5 Å². The van der Waals surface area contributed by atoms with Gasteiger partial charge in [-0.3, -0.25) is 4.55 Å². The Morgan fingerprint density at radius 2 is 1.00 bits per heavy atom. The van der Waals surface area contributed by atoms with Crippen molar-refractivity contribution >= 4 is 32.9 Å². The lowest BCUT2D eigenvalue weighted by molar-refractivity contribution is 0.450. The van der Waals surface area contributed by atoms with Gasteiger partial charge in [0.05, 0.1) is 5.69 Å². The highest BCUT2D eigenvalue weighted by molar-refractivity contribution is 7.86. The minimum absolute atomic E-state index is 0.0106. The van der Waals surface area contributed by atoms with Crippen molar-refractivity contribution in [3.63, 3.8) is 0 Å². The molecule has 0 aliphatic carbocycles. The maximum atomic E-state index is 12.0. The molecule has 0 heterocycles. The van der Waals surface area contributed by atoms with Crippen molar-refractivity contribution in [1.82, 2.24) is 0 Å². The molecule has 0 amide bonds. The number of aromatic hydroxyl groups is 4. The van der Waals surface area contributed by atoms with Crippen molar-refractivity contribution in [3.8, 4) is 34.1 Å². The van der Waals surface area contributed by atoms with Crippen molar-refractivity contribution in [2.24, 2.45) is 20.5 Å². The molecule has 5 N–H and O–H groups in total. The lowest BCUT2D eigenvalue weighted by Crippen LogP contribution is -1.98. The van der Waals surface area contributed by atoms with E-state index in [1.54, 1.807) is 30.3 Å². The van der Waals surface area contributed by atoms with E-state index in [-0.39, 0.29) is 40.1 Å². The predicted molar refractivity (Wildman–Crippen MR) is 130 cm³/mol. The first-order chi connectivity index (χ1) is 17.1. The summed E-state index contributed by atoms with van der Waals surface area (Å²) >= 11 is 0. The molecule has 11 nitrogen and oxygen atoms in total. The average molecular weight is 506 g/mol. The highest BCUT2D eigenvalue weighted by Gasteiger charge is 2.17. The van der Waals surface area contributed by atoms with Gasteiger partial charge in [-0.25, -0.2) is 0 Å². The fraction of sp³-hybridized carbons (Fsp3) is 0. The Labute approximate surface area is 204 Å². The summed E-state index contributed by atoms with van der Waals surface area (Å²) in [6, 6.07) is 18.2. The summed E-state index contributed by atoms with van der Waals surface area (Å²) in [7, 11) is -4.67. The van der Waals surface area contributed by atoms with Crippen molar-refractivity contribution in [1.29, 1.82) is 0 Å². The molecule has 0 aliphatic heterocycles. The monoisotopic (exact) mass is 506 g/mol. The highest BCUT2D eigenvalue weighted by atomic mass is 32.2. The van der Waals surface area contributed by atoms with Crippen molar-refractivity contribution < 1.29 is 33.4 Å². The summed E-state index contributed by atoms with van der Waals surface area (Å²) in [6.07, 6.45) is 0. The van der Waals surface area contributed by atoms with Crippen LogP contribution in [0.15, 0.2) is 104 Å². The van der Waals surface area contributed by atoms with Crippen LogP contribution in [0, 0.1) is 0 Å². The van der Waals surface area contributed by atoms with Gasteiger partial charge >= 0.3 is 0 Å². The number of phenols is 4. The zero-order valence-corrected chi connectivity index (χ0v) is 19.1. The van der Waals surface area contributed by atoms with Crippen LogP contribution < -0.4 is 0 Å². The predicted octanol–water partition coefficient (Wildman–Crippen LogP) is 6.25. The van der Waals surface area contributed by atoms with Gasteiger partial charge < -0.3 is 20.4 Å². The zero-order chi connectivity index (χ0) is 25.9. The van der Waals surface area contributed by atoms with Gasteiger partial charge in [-0.15, -0.1) is 15.3 Å². The quantitative estimate of drug-likeness (QED) is 0.151. The molecule has 4 aromatic carbocycles. The van der Waals surface area contributed by atoms with Crippen LogP contribution in [0.4, 0.5) is 22.7 Å². The van der Waals surface area contributed by atoms with E-state index in [4.69, 9.17) is 0 Å². The maximum absolute atomic E-state index is 12.0. The summed E-state index contributed by atoms with van der Waals surface area (Å²) < 4.78 is 33.7. The molecular weight excluding hydrogens is 488 g/mol. The summed E-state index contributed by atoms with van der Waals surface area (Å²) in [5, 5.41) is 53.9. The second-order valence-corrected chi connectivity index (χ2v) is 8.84. The van der Waals surface area contributed by atoms with E-state index in [1.165, 1.54) is 36.4 Å². The van der Waals surface area contributed by atoms with Crippen molar-refractivity contribution in [2.75, 3.05) is 0 Å². The Hall–Kier alpha value is -4.81. The van der Waals surface area contributed by atoms with E-state index in [0.29, 0.717) is 16.8 Å². The summed E-state index contributed by atoms with van der Waals surface area (Å²) in [5.74, 6) is -0.876. The first-order valence-electron chi connectivity index (χ1n) is 10.2. The fourth-order valence-electron chi connectivity index (χ4n) is 3.12. The van der Waals surface area contributed by atoms with E-state index >= 15 is 0 Å². The number of hydrogen-bond donors (Lipinski definition) is 5. The minimum Gasteiger partial charge on any atom is -0.508 e. The lowest BCUT2D eigenvalue weighted by atomic mass is 10.1. The first kappa shape index (κ1) is 24.3. The molecule has 4 rings (SSSR count). The second kappa shape index (κ2) is 9.82. The highest BCUT2D eigenvalue weighted by Crippen LogP contribution is 2.35. The summed E-state index contributed by atoms with van der Waals surface area (Å²) in [4.78, 5) is -0.492. The number of nitrogens with zero attached hydrogens (tertiary/aromatic N) is 4. The van der Waals surface area contributed by atoms with Gasteiger partial charge in [0.25, 0.3) is 10.1 Å². The van der Waals surface area contributed by atoms with E-state index in [2.05, 4.69) is 20.5 Å². The second-order valence-electron chi connectivity index (χ2n) is 7.45. The third-order valence-electron chi connectivity index (χ3n) is 4.90. The average Bonchev–Trinajstić information content (AvgIpc) is 2.83. The van der Waals surface area contributed by atoms with E-state index in [1.807, 2.05) is 0 Å². The minimum atomic E-state index is -4.67. The van der Waals surface area contributed by atoms with Gasteiger partial charge in [-0.05, 0) is 59.7 Å². The molecule has 0 atom stereocenters. The Kier molecular flexibility index (Phi) is 6.63. The molecule has 4 aromatic rings. The summed E-state index contributed by atoms with van der Waals surface area (Å²) in [5.41, 5.74) is 1.50. The van der Waals surface area contributed by atoms with Crippen LogP contribution in [0.25, 0.3) is 11.1 Å². The van der Waals surface area contributed by atoms with Crippen molar-refractivity contribution in [2.45, 2.75) is 4.90 Å². The normalized spacial score (nSPS) is 11.9. The standard InChI is InChI=1S/C24H18N4O7S/c29-17-6-9-19(22(31)12-17)26-25-16-4-1-14(2-5-16)15-3-8-21(24(11-15)36(33,34)35)28-27-20-10-7-18(30)13-23(20)32/h1-13,29-32H,(H,33,34,35). The van der Waals surface area contributed by atoms with E-state index in [0.717, 1.165) is 12.1 Å².